The second kappa shape index (κ2) is 9.23. The van der Waals surface area contributed by atoms with Crippen LogP contribution in [-0.4, -0.2) is 30.4 Å². The fourth-order valence-corrected chi connectivity index (χ4v) is 3.13. The van der Waals surface area contributed by atoms with E-state index < -0.39 is 5.54 Å². The fraction of sp³-hybridized carbons (Fsp3) is 0.550. The van der Waals surface area contributed by atoms with Gasteiger partial charge >= 0.3 is 0 Å². The van der Waals surface area contributed by atoms with Crippen LogP contribution in [-0.2, 0) is 4.79 Å². The zero-order chi connectivity index (χ0) is 19.0. The Kier molecular flexibility index (Phi) is 7.02. The molecule has 0 bridgehead atoms. The number of benzene rings is 1. The normalized spacial score (nSPS) is 15.8. The van der Waals surface area contributed by atoms with Crippen LogP contribution in [0.25, 0.3) is 0 Å². The number of nitriles is 1. The molecule has 0 radical (unpaired) electrons. The second-order valence-corrected chi connectivity index (χ2v) is 7.31. The van der Waals surface area contributed by atoms with Gasteiger partial charge in [0.1, 0.15) is 5.54 Å². The highest BCUT2D eigenvalue weighted by atomic mass is 16.2. The fourth-order valence-electron chi connectivity index (χ4n) is 3.13. The zero-order valence-corrected chi connectivity index (χ0v) is 15.6. The molecule has 2 amide bonds. The van der Waals surface area contributed by atoms with Gasteiger partial charge in [-0.15, -0.1) is 0 Å². The number of carbonyl (C=O) groups is 2. The summed E-state index contributed by atoms with van der Waals surface area (Å²) >= 11 is 0. The Hall–Kier alpha value is -2.55. The van der Waals surface area contributed by atoms with E-state index in [1.54, 1.807) is 18.2 Å². The summed E-state index contributed by atoms with van der Waals surface area (Å²) in [6.07, 6.45) is 4.42. The first-order valence-corrected chi connectivity index (χ1v) is 9.29. The average Bonchev–Trinajstić information content (AvgIpc) is 2.65. The molecule has 2 rings (SSSR count). The molecule has 6 nitrogen and oxygen atoms in total. The van der Waals surface area contributed by atoms with Crippen molar-refractivity contribution in [3.05, 3.63) is 29.8 Å². The van der Waals surface area contributed by atoms with Crippen molar-refractivity contribution < 1.29 is 9.59 Å². The lowest BCUT2D eigenvalue weighted by molar-refractivity contribution is -0.121. The van der Waals surface area contributed by atoms with Gasteiger partial charge in [-0.25, -0.2) is 0 Å². The minimum Gasteiger partial charge on any atom is -0.376 e. The van der Waals surface area contributed by atoms with Crippen LogP contribution in [0.15, 0.2) is 24.3 Å². The summed E-state index contributed by atoms with van der Waals surface area (Å²) < 4.78 is 0. The first kappa shape index (κ1) is 19.8. The molecule has 1 saturated carbocycles. The maximum Gasteiger partial charge on any atom is 0.253 e. The van der Waals surface area contributed by atoms with Crippen LogP contribution in [0.5, 0.6) is 0 Å². The summed E-state index contributed by atoms with van der Waals surface area (Å²) in [7, 11) is 0. The second-order valence-electron chi connectivity index (χ2n) is 7.31. The Morgan fingerprint density at radius 2 is 1.88 bits per heavy atom. The molecule has 1 aromatic carbocycles. The number of hydrogen-bond donors (Lipinski definition) is 3. The number of nitrogens with zero attached hydrogens (tertiary/aromatic N) is 1. The standard InChI is InChI=1S/C20H28N4O2/c1-15(2)12-23-19(26)16-8-4-5-9-17(16)22-13-18(25)24-20(14-21)10-6-3-7-11-20/h4-5,8-9,15,22H,3,6-7,10-13H2,1-2H3,(H,23,26)(H,24,25). The van der Waals surface area contributed by atoms with Crippen LogP contribution >= 0.6 is 0 Å². The number of carbonyl (C=O) groups excluding carboxylic acids is 2. The topological polar surface area (TPSA) is 94.0 Å². The van der Waals surface area contributed by atoms with Gasteiger partial charge in [0, 0.05) is 12.2 Å². The SMILES string of the molecule is CC(C)CNC(=O)c1ccccc1NCC(=O)NC1(C#N)CCCCC1. The van der Waals surface area contributed by atoms with Crippen molar-refractivity contribution in [1.82, 2.24) is 10.6 Å². The van der Waals surface area contributed by atoms with Gasteiger partial charge in [0.2, 0.25) is 5.91 Å². The van der Waals surface area contributed by atoms with Crippen molar-refractivity contribution >= 4 is 17.5 Å². The number of rotatable bonds is 7. The quantitative estimate of drug-likeness (QED) is 0.700. The van der Waals surface area contributed by atoms with E-state index in [2.05, 4.69) is 22.0 Å². The van der Waals surface area contributed by atoms with Gasteiger partial charge in [0.15, 0.2) is 0 Å². The number of anilines is 1. The van der Waals surface area contributed by atoms with Crippen molar-refractivity contribution in [2.24, 2.45) is 5.92 Å². The van der Waals surface area contributed by atoms with Crippen molar-refractivity contribution in [3.8, 4) is 6.07 Å². The van der Waals surface area contributed by atoms with Crippen molar-refractivity contribution in [1.29, 1.82) is 5.26 Å². The molecule has 0 saturated heterocycles. The lowest BCUT2D eigenvalue weighted by Crippen LogP contribution is -2.50. The first-order chi connectivity index (χ1) is 12.5. The molecule has 1 fully saturated rings. The van der Waals surface area contributed by atoms with Crippen molar-refractivity contribution in [3.63, 3.8) is 0 Å². The Balaban J connectivity index is 1.95. The molecule has 0 atom stereocenters. The number of nitrogens with one attached hydrogen (secondary N) is 3. The predicted molar refractivity (Wildman–Crippen MR) is 102 cm³/mol. The van der Waals surface area contributed by atoms with Gasteiger partial charge in [-0.2, -0.15) is 5.26 Å². The van der Waals surface area contributed by atoms with E-state index in [0.717, 1.165) is 19.3 Å². The van der Waals surface area contributed by atoms with Crippen molar-refractivity contribution in [2.75, 3.05) is 18.4 Å². The summed E-state index contributed by atoms with van der Waals surface area (Å²) in [5.41, 5.74) is 0.373. The molecule has 26 heavy (non-hydrogen) atoms. The van der Waals surface area contributed by atoms with Crippen LogP contribution in [0.4, 0.5) is 5.69 Å². The lowest BCUT2D eigenvalue weighted by atomic mass is 9.83. The highest BCUT2D eigenvalue weighted by Crippen LogP contribution is 2.27. The van der Waals surface area contributed by atoms with E-state index in [0.29, 0.717) is 36.6 Å². The average molecular weight is 356 g/mol. The predicted octanol–water partition coefficient (Wildman–Crippen LogP) is 2.83. The minimum absolute atomic E-state index is 0.0257. The molecular weight excluding hydrogens is 328 g/mol. The van der Waals surface area contributed by atoms with E-state index in [-0.39, 0.29) is 18.4 Å². The van der Waals surface area contributed by atoms with E-state index >= 15 is 0 Å². The molecule has 0 spiro atoms. The number of hydrogen-bond acceptors (Lipinski definition) is 4. The van der Waals surface area contributed by atoms with Gasteiger partial charge in [-0.05, 0) is 30.9 Å². The maximum absolute atomic E-state index is 12.3. The molecule has 6 heteroatoms. The highest BCUT2D eigenvalue weighted by Gasteiger charge is 2.33. The van der Waals surface area contributed by atoms with E-state index in [1.807, 2.05) is 19.9 Å². The monoisotopic (exact) mass is 356 g/mol. The van der Waals surface area contributed by atoms with Gasteiger partial charge in [-0.1, -0.05) is 45.2 Å². The molecule has 1 aliphatic carbocycles. The summed E-state index contributed by atoms with van der Waals surface area (Å²) in [5, 5.41) is 18.3. The van der Waals surface area contributed by atoms with Gasteiger partial charge in [-0.3, -0.25) is 9.59 Å². The Morgan fingerprint density at radius 1 is 1.19 bits per heavy atom. The van der Waals surface area contributed by atoms with Crippen LogP contribution in [0.1, 0.15) is 56.3 Å². The van der Waals surface area contributed by atoms with Gasteiger partial charge in [0.05, 0.1) is 18.2 Å². The maximum atomic E-state index is 12.3. The highest BCUT2D eigenvalue weighted by molar-refractivity contribution is 6.00. The Labute approximate surface area is 155 Å². The van der Waals surface area contributed by atoms with Crippen LogP contribution in [0.3, 0.4) is 0 Å². The molecule has 1 aliphatic rings. The van der Waals surface area contributed by atoms with E-state index in [1.165, 1.54) is 0 Å². The number of para-hydroxylation sites is 1. The molecule has 0 heterocycles. The lowest BCUT2D eigenvalue weighted by Gasteiger charge is -2.31. The molecule has 140 valence electrons. The van der Waals surface area contributed by atoms with Crippen LogP contribution < -0.4 is 16.0 Å². The summed E-state index contributed by atoms with van der Waals surface area (Å²) in [6.45, 7) is 4.69. The smallest absolute Gasteiger partial charge is 0.253 e. The van der Waals surface area contributed by atoms with E-state index in [4.69, 9.17) is 0 Å². The van der Waals surface area contributed by atoms with Crippen LogP contribution in [0, 0.1) is 17.2 Å². The van der Waals surface area contributed by atoms with Gasteiger partial charge in [0.25, 0.3) is 5.91 Å². The summed E-state index contributed by atoms with van der Waals surface area (Å²) in [6, 6.07) is 9.40. The molecule has 0 unspecified atom stereocenters. The Bertz CT molecular complexity index is 673. The number of amides is 2. The van der Waals surface area contributed by atoms with Crippen molar-refractivity contribution in [2.45, 2.75) is 51.5 Å². The third kappa shape index (κ3) is 5.48. The molecular formula is C20H28N4O2. The molecule has 0 aromatic heterocycles. The zero-order valence-electron chi connectivity index (χ0n) is 15.6. The van der Waals surface area contributed by atoms with Gasteiger partial charge < -0.3 is 16.0 Å². The summed E-state index contributed by atoms with van der Waals surface area (Å²) in [5.74, 6) is -0.0312. The largest absolute Gasteiger partial charge is 0.376 e. The third-order valence-electron chi connectivity index (χ3n) is 4.58. The molecule has 1 aromatic rings. The Morgan fingerprint density at radius 3 is 2.54 bits per heavy atom. The van der Waals surface area contributed by atoms with Crippen LogP contribution in [0.2, 0.25) is 0 Å². The van der Waals surface area contributed by atoms with E-state index in [9.17, 15) is 14.9 Å². The summed E-state index contributed by atoms with van der Waals surface area (Å²) in [4.78, 5) is 24.7. The first-order valence-electron chi connectivity index (χ1n) is 9.29. The molecule has 3 N–H and O–H groups in total. The third-order valence-corrected chi connectivity index (χ3v) is 4.58. The molecule has 0 aliphatic heterocycles. The minimum atomic E-state index is -0.745.